The van der Waals surface area contributed by atoms with E-state index in [2.05, 4.69) is 38.2 Å². The highest BCUT2D eigenvalue weighted by molar-refractivity contribution is 7.80. The fraction of sp³-hybridized carbons (Fsp3) is 0.247. The molecule has 0 bridgehead atoms. The molecule has 1 saturated heterocycles. The second-order valence-electron chi connectivity index (χ2n) is 27.0. The topological polar surface area (TPSA) is 626 Å². The van der Waals surface area contributed by atoms with Gasteiger partial charge in [-0.3, -0.25) is 56.5 Å². The number of amides is 2. The number of anilines is 1. The van der Waals surface area contributed by atoms with Crippen LogP contribution in [0.25, 0.3) is 47.6 Å². The molecule has 41 nitrogen and oxygen atoms in total. The van der Waals surface area contributed by atoms with E-state index >= 15 is 38.1 Å². The molecule has 7 atom stereocenters. The van der Waals surface area contributed by atoms with Crippen LogP contribution in [0.3, 0.4) is 0 Å². The van der Waals surface area contributed by atoms with Gasteiger partial charge < -0.3 is 110 Å². The van der Waals surface area contributed by atoms with Crippen LogP contribution in [0.15, 0.2) is 158 Å². The van der Waals surface area contributed by atoms with Crippen molar-refractivity contribution in [1.82, 2.24) is 30.2 Å². The van der Waals surface area contributed by atoms with Crippen LogP contribution in [0.1, 0.15) is 46.0 Å². The van der Waals surface area contributed by atoms with E-state index in [0.717, 1.165) is 206 Å². The summed E-state index contributed by atoms with van der Waals surface area (Å²) >= 11 is 4.11. The van der Waals surface area contributed by atoms with E-state index in [1.54, 1.807) is 0 Å². The number of hydrogen-bond donors (Lipinski definition) is 16. The molecule has 0 radical (unpaired) electrons. The van der Waals surface area contributed by atoms with Gasteiger partial charge in [-0.1, -0.05) is 72.9 Å². The first-order valence-electron chi connectivity index (χ1n) is 36.8. The van der Waals surface area contributed by atoms with Crippen LogP contribution < -0.4 is 44.8 Å². The number of ketones is 6. The molecular weight excluding hydrogens is 1740 g/mol. The number of phosphoric acid groups is 3. The number of aromatic nitrogens is 4. The lowest BCUT2D eigenvalue weighted by atomic mass is 9.41. The number of aliphatic hydroxyl groups is 2. The number of aromatic hydroxyl groups is 6. The Hall–Kier alpha value is -12.7. The van der Waals surface area contributed by atoms with Crippen LogP contribution in [0.5, 0.6) is 69.0 Å². The number of ether oxygens (including phenoxy) is 7. The number of phosphoric ester groups is 3. The maximum atomic E-state index is 17.7. The zero-order valence-corrected chi connectivity index (χ0v) is 70.7. The van der Waals surface area contributed by atoms with Gasteiger partial charge in [0.05, 0.1) is 67.6 Å². The summed E-state index contributed by atoms with van der Waals surface area (Å²) < 4.78 is 103. The van der Waals surface area contributed by atoms with Crippen LogP contribution >= 0.6 is 36.1 Å². The summed E-state index contributed by atoms with van der Waals surface area (Å²) in [6.45, 7) is -5.62. The summed E-state index contributed by atoms with van der Waals surface area (Å²) in [7, 11) is -13.2. The number of nitrogens with one attached hydrogen (secondary N) is 2. The number of aliphatic hydroxyl groups excluding tert-OH is 2. The summed E-state index contributed by atoms with van der Waals surface area (Å²) in [5.74, 6) is -22.2. The van der Waals surface area contributed by atoms with E-state index < -0.39 is 178 Å². The van der Waals surface area contributed by atoms with E-state index in [4.69, 9.17) is 56.8 Å². The molecule has 668 valence electrons. The number of nitrogens with zero attached hydrogens (tertiary/aromatic N) is 4. The number of hydrogen-bond acceptors (Lipinski definition) is 35. The standard InChI is InChI=1S/C81H84N7O34P3S/c1-112-57-35-45(7-19-51(57)89)13-25-64(95)80(65(96)26-14-46-8-20-52(90)58(36-46)113-2,66(97)27-15-47-9-21-53(91)59(37-47)114-3)79(74(103)77(104)84-32-31-70(101)83-33-34-126,42-119-125(110,111)122-124(108,109)118-41-63-73(121-123(105,106)107)72(102)78(120-63)88-44-87-71-75(82)85-43-86-76(71)88)81(67(98)28-16-48-10-22-54(92)60(38-48)115-4,68(99)29-17-49-11-23-55(93)61(39-49)116-5)69(100)30-18-50-12-24-56(94)62(40-50)117-6/h7-30,35-40,43-44,63,72-74,78,89-94,102-103,126H,31-34,41-42H2,1-6H3,(H,83,101)(H,84,104)(H,108,109)(H,110,111)(H2,82,85,86)(H2,105,106,107)/b25-13+,26-14+,27-15+,28-16+,29-17+,30-18+/t63-,72-,73-,74+,78-/m1/s1. The van der Waals surface area contributed by atoms with E-state index in [1.165, 1.54) is 0 Å². The predicted octanol–water partition coefficient (Wildman–Crippen LogP) is 6.25. The lowest BCUT2D eigenvalue weighted by Gasteiger charge is -2.55. The van der Waals surface area contributed by atoms with Crippen LogP contribution in [0.2, 0.25) is 0 Å². The zero-order chi connectivity index (χ0) is 92.4. The average molecular weight is 1820 g/mol. The first-order chi connectivity index (χ1) is 59.7. The molecule has 1 aliphatic rings. The minimum absolute atomic E-state index is 0.0223. The molecule has 126 heavy (non-hydrogen) atoms. The third kappa shape index (κ3) is 22.0. The van der Waals surface area contributed by atoms with Gasteiger partial charge in [-0.15, -0.1) is 0 Å². The Kier molecular flexibility index (Phi) is 32.2. The molecule has 0 spiro atoms. The van der Waals surface area contributed by atoms with E-state index in [-0.39, 0.29) is 97.2 Å². The van der Waals surface area contributed by atoms with Gasteiger partial charge in [0.2, 0.25) is 11.8 Å². The number of carbonyl (C=O) groups excluding carboxylic acids is 8. The Labute approximate surface area is 720 Å². The monoisotopic (exact) mass is 1820 g/mol. The number of thiol groups is 1. The maximum Gasteiger partial charge on any atom is 0.481 e. The number of imidazole rings is 1. The van der Waals surface area contributed by atoms with Crippen molar-refractivity contribution < 1.29 is 164 Å². The van der Waals surface area contributed by atoms with Crippen molar-refractivity contribution in [3.8, 4) is 69.0 Å². The molecule has 1 aliphatic heterocycles. The van der Waals surface area contributed by atoms with Gasteiger partial charge in [-0.05, 0) is 143 Å². The van der Waals surface area contributed by atoms with Gasteiger partial charge in [0.25, 0.3) is 0 Å². The molecule has 2 amide bonds. The first kappa shape index (κ1) is 97.1. The molecule has 0 saturated carbocycles. The molecular formula is C81H84N7O34P3S. The second-order valence-corrected chi connectivity index (χ2v) is 31.7. The van der Waals surface area contributed by atoms with E-state index in [1.807, 2.05) is 0 Å². The summed E-state index contributed by atoms with van der Waals surface area (Å²) in [6, 6.07) is 18.7. The molecule has 2 unspecified atom stereocenters. The minimum Gasteiger partial charge on any atom is -0.504 e. The van der Waals surface area contributed by atoms with Crippen LogP contribution in [0.4, 0.5) is 5.82 Å². The van der Waals surface area contributed by atoms with Crippen LogP contribution in [-0.2, 0) is 74.7 Å². The van der Waals surface area contributed by atoms with Crippen molar-refractivity contribution in [3.05, 3.63) is 192 Å². The first-order valence-corrected chi connectivity index (χ1v) is 41.9. The number of nitrogen functional groups attached to an aromatic ring is 1. The molecule has 0 aliphatic carbocycles. The Balaban J connectivity index is 1.49. The van der Waals surface area contributed by atoms with E-state index in [9.17, 15) is 74.4 Å². The molecule has 16 N–H and O–H groups in total. The van der Waals surface area contributed by atoms with Crippen molar-refractivity contribution in [1.29, 1.82) is 0 Å². The summed E-state index contributed by atoms with van der Waals surface area (Å²) in [4.78, 5) is 193. The second kappa shape index (κ2) is 41.8. The van der Waals surface area contributed by atoms with Crippen molar-refractivity contribution in [2.75, 3.05) is 80.4 Å². The summed E-state index contributed by atoms with van der Waals surface area (Å²) in [5.41, 5.74) is -10.6. The number of fused-ring (bicyclic) bond motifs is 1. The van der Waals surface area contributed by atoms with Crippen molar-refractivity contribution in [2.24, 2.45) is 16.2 Å². The van der Waals surface area contributed by atoms with Gasteiger partial charge in [0, 0.05) is 25.3 Å². The molecule has 45 heteroatoms. The van der Waals surface area contributed by atoms with Crippen molar-refractivity contribution >= 4 is 136 Å². The number of benzene rings is 6. The minimum atomic E-state index is -7.24. The number of allylic oxidation sites excluding steroid dienone is 6. The lowest BCUT2D eigenvalue weighted by molar-refractivity contribution is -0.193. The molecule has 3 heterocycles. The third-order valence-electron chi connectivity index (χ3n) is 19.4. The molecule has 6 aromatic carbocycles. The number of phenolic OH excluding ortho intramolecular Hbond substituents is 6. The number of nitrogens with two attached hydrogens (primary N) is 1. The van der Waals surface area contributed by atoms with Crippen LogP contribution in [-0.4, -0.2) is 226 Å². The maximum absolute atomic E-state index is 17.7. The van der Waals surface area contributed by atoms with Gasteiger partial charge >= 0.3 is 23.5 Å². The molecule has 9 rings (SSSR count). The van der Waals surface area contributed by atoms with Crippen molar-refractivity contribution in [3.63, 3.8) is 0 Å². The smallest absolute Gasteiger partial charge is 0.481 e. The third-order valence-corrected chi connectivity index (χ3v) is 22.8. The Morgan fingerprint density at radius 2 is 0.857 bits per heavy atom. The highest BCUT2D eigenvalue weighted by Crippen LogP contribution is 2.66. The normalized spacial score (nSPS) is 16.4. The zero-order valence-electron chi connectivity index (χ0n) is 67.1. The SMILES string of the molecule is COc1cc(/C=C/C(=O)C(C(=O)/C=C/c2ccc(O)c(OC)c2)(C(=O)/C=C/c2ccc(O)c(OC)c2)C(COP(=O)(O)OP(=O)(O)OC[C@H]2O[C@@H](n3cnc4c(N)ncnc43)[C@H](O)[C@@H]2OP(=O)(O)O)([C@@H](O)C(=O)NCCC(=O)NCCS)C(C(=O)/C=C/c2ccc(O)c(OC)c2)(C(=O)/C=C/c2ccc(O)c(OC)c2)C(=O)/C=C/c2ccc(O)c(OC)c2)ccc1O. The quantitative estimate of drug-likeness (QED) is 0.00868. The van der Waals surface area contributed by atoms with E-state index in [0.29, 0.717) is 36.5 Å². The highest BCUT2D eigenvalue weighted by atomic mass is 32.1. The number of carbonyl (C=O) groups is 8. The molecule has 8 aromatic rings. The van der Waals surface area contributed by atoms with Crippen LogP contribution in [0, 0.1) is 16.2 Å². The largest absolute Gasteiger partial charge is 0.504 e. The molecule has 1 fully saturated rings. The van der Waals surface area contributed by atoms with Gasteiger partial charge in [0.15, 0.2) is 132 Å². The number of phenols is 6. The Bertz CT molecular complexity index is 5210. The number of methoxy groups -OCH3 is 6. The van der Waals surface area contributed by atoms with Gasteiger partial charge in [-0.2, -0.15) is 16.9 Å². The lowest BCUT2D eigenvalue weighted by Crippen LogP contribution is -2.76. The Morgan fingerprint density at radius 3 is 1.18 bits per heavy atom. The summed E-state index contributed by atoms with van der Waals surface area (Å²) in [6.07, 6.45) is -5.40. The fourth-order valence-electron chi connectivity index (χ4n) is 13.5. The average Bonchev–Trinajstić information content (AvgIpc) is 0.783. The Morgan fingerprint density at radius 1 is 0.516 bits per heavy atom. The van der Waals surface area contributed by atoms with Gasteiger partial charge in [-0.25, -0.2) is 28.6 Å². The molecule has 2 aromatic heterocycles. The predicted molar refractivity (Wildman–Crippen MR) is 449 cm³/mol. The highest BCUT2D eigenvalue weighted by Gasteiger charge is 2.81. The van der Waals surface area contributed by atoms with Gasteiger partial charge in [0.1, 0.15) is 36.3 Å². The summed E-state index contributed by atoms with van der Waals surface area (Å²) in [5, 5.41) is 96.1. The number of rotatable bonds is 44. The van der Waals surface area contributed by atoms with Crippen molar-refractivity contribution in [2.45, 2.75) is 37.1 Å². The fourth-order valence-corrected chi connectivity index (χ4v) is 16.3.